The summed E-state index contributed by atoms with van der Waals surface area (Å²) >= 11 is 0. The second-order valence-corrected chi connectivity index (χ2v) is 13.3. The van der Waals surface area contributed by atoms with Crippen molar-refractivity contribution in [2.45, 2.75) is 155 Å². The van der Waals surface area contributed by atoms with Crippen LogP contribution in [0.3, 0.4) is 0 Å². The minimum absolute atomic E-state index is 0.0943. The van der Waals surface area contributed by atoms with Gasteiger partial charge in [-0.1, -0.05) is 39.5 Å². The first-order valence-electron chi connectivity index (χ1n) is 16.6. The molecule has 0 aromatic rings. The standard InChI is InChI=1S/2C17H28O3/c2*1-3-16(20-12(2)18)7-5-4-6-13-8-9-14-10-15(19)11-17(13)14/h2*13-14,16-17H,3-11H2,1-2H3. The number of ether oxygens (including phenoxy) is 2. The van der Waals surface area contributed by atoms with Crippen LogP contribution < -0.4 is 0 Å². The topological polar surface area (TPSA) is 86.7 Å². The molecule has 6 nitrogen and oxygen atoms in total. The second kappa shape index (κ2) is 16.7. The Labute approximate surface area is 243 Å². The molecule has 8 unspecified atom stereocenters. The van der Waals surface area contributed by atoms with E-state index in [1.165, 1.54) is 65.2 Å². The number of hydrogen-bond acceptors (Lipinski definition) is 6. The average molecular weight is 561 g/mol. The predicted molar refractivity (Wildman–Crippen MR) is 157 cm³/mol. The number of hydrogen-bond donors (Lipinski definition) is 0. The van der Waals surface area contributed by atoms with Gasteiger partial charge in [0.15, 0.2) is 0 Å². The highest BCUT2D eigenvalue weighted by Crippen LogP contribution is 2.49. The van der Waals surface area contributed by atoms with Gasteiger partial charge in [-0.05, 0) is 99.7 Å². The number of rotatable bonds is 14. The van der Waals surface area contributed by atoms with Crippen LogP contribution in [0.1, 0.15) is 143 Å². The van der Waals surface area contributed by atoms with Gasteiger partial charge in [-0.15, -0.1) is 0 Å². The third-order valence-corrected chi connectivity index (χ3v) is 10.4. The van der Waals surface area contributed by atoms with E-state index in [1.807, 2.05) is 0 Å². The Balaban J connectivity index is 0.000000220. The van der Waals surface area contributed by atoms with Gasteiger partial charge >= 0.3 is 11.9 Å². The largest absolute Gasteiger partial charge is 0.463 e. The highest BCUT2D eigenvalue weighted by atomic mass is 16.5. The van der Waals surface area contributed by atoms with E-state index in [4.69, 9.17) is 9.47 Å². The number of carbonyl (C=O) groups excluding carboxylic acids is 4. The van der Waals surface area contributed by atoms with Gasteiger partial charge in [-0.3, -0.25) is 19.2 Å². The van der Waals surface area contributed by atoms with Gasteiger partial charge in [0.25, 0.3) is 0 Å². The Morgan fingerprint density at radius 2 is 1.05 bits per heavy atom. The van der Waals surface area contributed by atoms with Crippen molar-refractivity contribution in [2.24, 2.45) is 35.5 Å². The zero-order valence-electron chi connectivity index (χ0n) is 25.8. The van der Waals surface area contributed by atoms with Crippen LogP contribution in [0.25, 0.3) is 0 Å². The van der Waals surface area contributed by atoms with Crippen molar-refractivity contribution in [3.05, 3.63) is 0 Å². The Morgan fingerprint density at radius 1 is 0.650 bits per heavy atom. The maximum Gasteiger partial charge on any atom is 0.302 e. The quantitative estimate of drug-likeness (QED) is 0.159. The summed E-state index contributed by atoms with van der Waals surface area (Å²) < 4.78 is 10.5. The normalized spacial score (nSPS) is 30.3. The Bertz CT molecular complexity index is 768. The zero-order valence-corrected chi connectivity index (χ0v) is 25.8. The van der Waals surface area contributed by atoms with Crippen LogP contribution in [-0.4, -0.2) is 35.7 Å². The van der Waals surface area contributed by atoms with E-state index in [1.54, 1.807) is 0 Å². The number of ketones is 2. The molecule has 4 aliphatic rings. The van der Waals surface area contributed by atoms with Crippen molar-refractivity contribution in [1.29, 1.82) is 0 Å². The van der Waals surface area contributed by atoms with Crippen LogP contribution in [0.2, 0.25) is 0 Å². The molecule has 40 heavy (non-hydrogen) atoms. The Hall–Kier alpha value is -1.72. The predicted octanol–water partition coefficient (Wildman–Crippen LogP) is 7.79. The molecule has 0 spiro atoms. The van der Waals surface area contributed by atoms with E-state index in [0.717, 1.165) is 76.0 Å². The van der Waals surface area contributed by atoms with Gasteiger partial charge in [0.1, 0.15) is 23.8 Å². The molecule has 0 N–H and O–H groups in total. The lowest BCUT2D eigenvalue weighted by molar-refractivity contribution is -0.147. The van der Waals surface area contributed by atoms with Crippen LogP contribution in [-0.2, 0) is 28.7 Å². The van der Waals surface area contributed by atoms with Crippen LogP contribution in [0.15, 0.2) is 0 Å². The first kappa shape index (κ1) is 32.8. The van der Waals surface area contributed by atoms with E-state index in [2.05, 4.69) is 13.8 Å². The number of fused-ring (bicyclic) bond motifs is 2. The van der Waals surface area contributed by atoms with Crippen LogP contribution in [0, 0.1) is 35.5 Å². The van der Waals surface area contributed by atoms with Gasteiger partial charge in [0, 0.05) is 39.5 Å². The summed E-state index contributed by atoms with van der Waals surface area (Å²) in [6, 6.07) is 0. The lowest BCUT2D eigenvalue weighted by Gasteiger charge is -2.19. The summed E-state index contributed by atoms with van der Waals surface area (Å²) in [6.45, 7) is 7.11. The average Bonchev–Trinajstić information content (AvgIpc) is 3.65. The molecular formula is C34H56O6. The zero-order chi connectivity index (χ0) is 29.1. The van der Waals surface area contributed by atoms with Crippen molar-refractivity contribution in [2.75, 3.05) is 0 Å². The number of unbranched alkanes of at least 4 members (excludes halogenated alkanes) is 2. The van der Waals surface area contributed by atoms with Crippen LogP contribution in [0.4, 0.5) is 0 Å². The van der Waals surface area contributed by atoms with E-state index in [9.17, 15) is 19.2 Å². The van der Waals surface area contributed by atoms with Crippen molar-refractivity contribution in [3.8, 4) is 0 Å². The van der Waals surface area contributed by atoms with Gasteiger partial charge in [0.2, 0.25) is 0 Å². The minimum atomic E-state index is -0.167. The molecule has 4 rings (SSSR count). The van der Waals surface area contributed by atoms with Gasteiger partial charge in [-0.2, -0.15) is 0 Å². The fraction of sp³-hybridized carbons (Fsp3) is 0.882. The molecule has 8 atom stereocenters. The van der Waals surface area contributed by atoms with Gasteiger partial charge < -0.3 is 9.47 Å². The minimum Gasteiger partial charge on any atom is -0.463 e. The van der Waals surface area contributed by atoms with Crippen molar-refractivity contribution in [1.82, 2.24) is 0 Å². The Kier molecular flexibility index (Phi) is 13.7. The summed E-state index contributed by atoms with van der Waals surface area (Å²) in [5.41, 5.74) is 0. The first-order chi connectivity index (χ1) is 19.2. The van der Waals surface area contributed by atoms with E-state index in [0.29, 0.717) is 35.2 Å². The maximum atomic E-state index is 11.5. The summed E-state index contributed by atoms with van der Waals surface area (Å²) in [7, 11) is 0. The first-order valence-corrected chi connectivity index (χ1v) is 16.6. The maximum absolute atomic E-state index is 11.5. The van der Waals surface area contributed by atoms with Crippen molar-refractivity contribution >= 4 is 23.5 Å². The van der Waals surface area contributed by atoms with Crippen molar-refractivity contribution in [3.63, 3.8) is 0 Å². The molecule has 0 saturated heterocycles. The second-order valence-electron chi connectivity index (χ2n) is 13.3. The van der Waals surface area contributed by atoms with Gasteiger partial charge in [0.05, 0.1) is 0 Å². The SMILES string of the molecule is CCC(CCCCC1CCC2CC(=O)CC12)OC(C)=O.CCC(CCCCC1CCC2CC(=O)CC12)OC(C)=O. The molecule has 0 heterocycles. The third kappa shape index (κ3) is 10.3. The number of Topliss-reactive ketones (excluding diaryl/α,β-unsaturated/α-hetero) is 2. The van der Waals surface area contributed by atoms with E-state index >= 15 is 0 Å². The molecule has 4 aliphatic carbocycles. The lowest BCUT2D eigenvalue weighted by atomic mass is 9.88. The smallest absolute Gasteiger partial charge is 0.302 e. The highest BCUT2D eigenvalue weighted by Gasteiger charge is 2.43. The number of esters is 2. The van der Waals surface area contributed by atoms with E-state index in [-0.39, 0.29) is 24.1 Å². The van der Waals surface area contributed by atoms with E-state index < -0.39 is 0 Å². The molecule has 4 saturated carbocycles. The molecule has 6 heteroatoms. The fourth-order valence-electron chi connectivity index (χ4n) is 8.37. The van der Waals surface area contributed by atoms with Crippen LogP contribution in [0.5, 0.6) is 0 Å². The van der Waals surface area contributed by atoms with Crippen molar-refractivity contribution < 1.29 is 28.7 Å². The third-order valence-electron chi connectivity index (χ3n) is 10.4. The Morgan fingerprint density at radius 3 is 1.40 bits per heavy atom. The summed E-state index contributed by atoms with van der Waals surface area (Å²) in [4.78, 5) is 44.9. The molecule has 0 amide bonds. The molecule has 0 aliphatic heterocycles. The van der Waals surface area contributed by atoms with Gasteiger partial charge in [-0.25, -0.2) is 0 Å². The highest BCUT2D eigenvalue weighted by molar-refractivity contribution is 5.81. The molecule has 0 aromatic heterocycles. The molecule has 0 radical (unpaired) electrons. The fourth-order valence-corrected chi connectivity index (χ4v) is 8.37. The molecule has 0 aromatic carbocycles. The lowest BCUT2D eigenvalue weighted by Crippen LogP contribution is -2.15. The molecule has 228 valence electrons. The molecule has 0 bridgehead atoms. The summed E-state index contributed by atoms with van der Waals surface area (Å²) in [5, 5.41) is 0. The summed E-state index contributed by atoms with van der Waals surface area (Å²) in [6.07, 6.45) is 19.7. The molecule has 4 fully saturated rings. The summed E-state index contributed by atoms with van der Waals surface area (Å²) in [5.74, 6) is 5.00. The molecular weight excluding hydrogens is 504 g/mol. The van der Waals surface area contributed by atoms with Crippen LogP contribution >= 0.6 is 0 Å². The monoisotopic (exact) mass is 560 g/mol. The number of carbonyl (C=O) groups is 4.